The van der Waals surface area contributed by atoms with Gasteiger partial charge in [0, 0.05) is 46.5 Å². The van der Waals surface area contributed by atoms with Crippen molar-refractivity contribution >= 4 is 38.1 Å². The van der Waals surface area contributed by atoms with Crippen LogP contribution in [0.5, 0.6) is 5.75 Å². The van der Waals surface area contributed by atoms with E-state index in [1.165, 1.54) is 19.9 Å². The summed E-state index contributed by atoms with van der Waals surface area (Å²) in [6.07, 6.45) is 0. The van der Waals surface area contributed by atoms with E-state index < -0.39 is 11.6 Å². The van der Waals surface area contributed by atoms with E-state index in [9.17, 15) is 4.79 Å². The molecule has 0 amide bonds. The molecule has 0 fully saturated rings. The maximum atomic E-state index is 12.5. The van der Waals surface area contributed by atoms with E-state index in [1.807, 2.05) is 32.0 Å². The predicted molar refractivity (Wildman–Crippen MR) is 146 cm³/mol. The molecule has 0 N–H and O–H groups in total. The van der Waals surface area contributed by atoms with Crippen LogP contribution in [0.1, 0.15) is 35.4 Å². The maximum absolute atomic E-state index is 12.5. The number of hydrogen-bond donors (Lipinski definition) is 0. The summed E-state index contributed by atoms with van der Waals surface area (Å²) in [4.78, 5) is 15.1. The molecule has 178 valence electrons. The van der Waals surface area contributed by atoms with Gasteiger partial charge < -0.3 is 9.47 Å². The third-order valence-electron chi connectivity index (χ3n) is 5.56. The Morgan fingerprint density at radius 3 is 2.34 bits per heavy atom. The Morgan fingerprint density at radius 1 is 0.971 bits per heavy atom. The smallest absolute Gasteiger partial charge is 0.345 e. The minimum atomic E-state index is -0.978. The lowest BCUT2D eigenvalue weighted by atomic mass is 10.1. The van der Waals surface area contributed by atoms with Crippen LogP contribution in [0.4, 0.5) is 0 Å². The SMILES string of the molecule is Cc1cc(-[s+]2c(C)cc3ccccc32)cc(C)c1OCC(=O)OC(C)(C)C#Cc1ccccc1Cl. The number of hydrogen-bond acceptors (Lipinski definition) is 3. The average Bonchev–Trinajstić information content (AvgIpc) is 3.13. The lowest BCUT2D eigenvalue weighted by molar-refractivity contribution is -0.154. The molecule has 0 radical (unpaired) electrons. The predicted octanol–water partition coefficient (Wildman–Crippen LogP) is 7.91. The van der Waals surface area contributed by atoms with Gasteiger partial charge in [-0.15, -0.1) is 0 Å². The zero-order chi connectivity index (χ0) is 25.2. The number of halogens is 1. The largest absolute Gasteiger partial charge is 0.481 e. The molecule has 0 spiro atoms. The minimum Gasteiger partial charge on any atom is -0.481 e. The summed E-state index contributed by atoms with van der Waals surface area (Å²) < 4.78 is 12.8. The van der Waals surface area contributed by atoms with Gasteiger partial charge in [-0.3, -0.25) is 0 Å². The first kappa shape index (κ1) is 24.9. The standard InChI is InChI=1S/C30H28ClO3S/c1-20-16-25(35-22(3)18-24-11-7-9-13-27(24)35)17-21(2)29(20)33-19-28(32)34-30(4,5)15-14-23-10-6-8-12-26(23)31/h6-13,16-18H,19H2,1-5H3/q+1. The Balaban J connectivity index is 1.47. The molecule has 1 atom stereocenters. The topological polar surface area (TPSA) is 35.5 Å². The van der Waals surface area contributed by atoms with Crippen LogP contribution in [0.15, 0.2) is 66.7 Å². The van der Waals surface area contributed by atoms with Crippen molar-refractivity contribution in [3.8, 4) is 22.5 Å². The Labute approximate surface area is 214 Å². The van der Waals surface area contributed by atoms with E-state index >= 15 is 0 Å². The van der Waals surface area contributed by atoms with E-state index in [0.29, 0.717) is 16.3 Å². The number of ether oxygens (including phenoxy) is 2. The molecule has 0 saturated carbocycles. The van der Waals surface area contributed by atoms with E-state index in [2.05, 4.69) is 61.2 Å². The van der Waals surface area contributed by atoms with Gasteiger partial charge >= 0.3 is 5.97 Å². The average molecular weight is 504 g/mol. The molecule has 1 unspecified atom stereocenters. The summed E-state index contributed by atoms with van der Waals surface area (Å²) in [6, 6.07) is 22.4. The monoisotopic (exact) mass is 503 g/mol. The van der Waals surface area contributed by atoms with Crippen molar-refractivity contribution in [1.29, 1.82) is 0 Å². The second-order valence-corrected chi connectivity index (χ2v) is 11.6. The fraction of sp³-hybridized carbons (Fsp3) is 0.233. The van der Waals surface area contributed by atoms with E-state index in [1.54, 1.807) is 19.9 Å². The number of benzene rings is 3. The lowest BCUT2D eigenvalue weighted by Gasteiger charge is -2.19. The van der Waals surface area contributed by atoms with Gasteiger partial charge in [-0.1, -0.05) is 47.7 Å². The summed E-state index contributed by atoms with van der Waals surface area (Å²) >= 11 is 6.16. The van der Waals surface area contributed by atoms with E-state index in [-0.39, 0.29) is 17.1 Å². The van der Waals surface area contributed by atoms with E-state index in [0.717, 1.165) is 11.1 Å². The number of thiophene rings is 1. The molecule has 1 heterocycles. The molecule has 1 aromatic heterocycles. The molecular formula is C30H28ClO3S+. The first-order chi connectivity index (χ1) is 16.6. The summed E-state index contributed by atoms with van der Waals surface area (Å²) in [6.45, 7) is 9.52. The third-order valence-corrected chi connectivity index (χ3v) is 8.17. The number of fused-ring (bicyclic) bond motifs is 1. The highest BCUT2D eigenvalue weighted by Gasteiger charge is 2.24. The Morgan fingerprint density at radius 2 is 1.63 bits per heavy atom. The summed E-state index contributed by atoms with van der Waals surface area (Å²) in [5, 5.41) is 1.85. The van der Waals surface area contributed by atoms with Gasteiger partial charge in [-0.05, 0) is 63.1 Å². The molecule has 3 nitrogen and oxygen atoms in total. The first-order valence-corrected chi connectivity index (χ1v) is 13.0. The Bertz CT molecular complexity index is 1450. The molecule has 4 rings (SSSR count). The van der Waals surface area contributed by atoms with Gasteiger partial charge in [0.15, 0.2) is 26.7 Å². The van der Waals surface area contributed by atoms with Crippen molar-refractivity contribution in [3.05, 3.63) is 93.3 Å². The van der Waals surface area contributed by atoms with Crippen LogP contribution in [-0.4, -0.2) is 18.2 Å². The molecule has 0 aliphatic carbocycles. The Hall–Kier alpha value is -3.26. The van der Waals surface area contributed by atoms with Crippen molar-refractivity contribution < 1.29 is 14.3 Å². The van der Waals surface area contributed by atoms with Crippen LogP contribution in [0.3, 0.4) is 0 Å². The molecular weight excluding hydrogens is 476 g/mol. The summed E-state index contributed by atoms with van der Waals surface area (Å²) in [5.41, 5.74) is 1.70. The zero-order valence-corrected chi connectivity index (χ0v) is 22.1. The number of carbonyl (C=O) groups excluding carboxylic acids is 1. The van der Waals surface area contributed by atoms with Crippen molar-refractivity contribution in [2.24, 2.45) is 0 Å². The second kappa shape index (κ2) is 10.2. The molecule has 0 bridgehead atoms. The summed E-state index contributed by atoms with van der Waals surface area (Å²) in [7, 11) is -0.0960. The van der Waals surface area contributed by atoms with Gasteiger partial charge in [0.1, 0.15) is 5.75 Å². The highest BCUT2D eigenvalue weighted by molar-refractivity contribution is 7.45. The highest BCUT2D eigenvalue weighted by atomic mass is 35.5. The lowest BCUT2D eigenvalue weighted by Crippen LogP contribution is -2.29. The molecule has 5 heteroatoms. The van der Waals surface area contributed by atoms with Crippen molar-refractivity contribution in [1.82, 2.24) is 0 Å². The fourth-order valence-corrected chi connectivity index (χ4v) is 6.62. The van der Waals surface area contributed by atoms with Gasteiger partial charge in [-0.25, -0.2) is 4.79 Å². The zero-order valence-electron chi connectivity index (χ0n) is 20.6. The summed E-state index contributed by atoms with van der Waals surface area (Å²) in [5.74, 6) is 6.21. The van der Waals surface area contributed by atoms with Crippen LogP contribution in [0.2, 0.25) is 5.02 Å². The fourth-order valence-electron chi connectivity index (χ4n) is 4.06. The van der Waals surface area contributed by atoms with E-state index in [4.69, 9.17) is 21.1 Å². The molecule has 4 aromatic rings. The maximum Gasteiger partial charge on any atom is 0.345 e. The molecule has 0 aliphatic rings. The van der Waals surface area contributed by atoms with Crippen LogP contribution < -0.4 is 4.74 Å². The van der Waals surface area contributed by atoms with Gasteiger partial charge in [0.25, 0.3) is 0 Å². The van der Waals surface area contributed by atoms with Crippen LogP contribution in [-0.2, 0) is 9.53 Å². The van der Waals surface area contributed by atoms with Crippen molar-refractivity contribution in [2.45, 2.75) is 40.2 Å². The van der Waals surface area contributed by atoms with Crippen molar-refractivity contribution in [3.63, 3.8) is 0 Å². The third kappa shape index (κ3) is 5.70. The van der Waals surface area contributed by atoms with Gasteiger partial charge in [-0.2, -0.15) is 0 Å². The normalized spacial score (nSPS) is 11.7. The Kier molecular flexibility index (Phi) is 7.21. The molecule has 35 heavy (non-hydrogen) atoms. The molecule has 3 aromatic carbocycles. The highest BCUT2D eigenvalue weighted by Crippen LogP contribution is 2.45. The molecule has 0 saturated heterocycles. The molecule has 0 aliphatic heterocycles. The van der Waals surface area contributed by atoms with Crippen LogP contribution in [0, 0.1) is 32.6 Å². The number of carbonyl (C=O) groups is 1. The first-order valence-electron chi connectivity index (χ1n) is 11.4. The number of aryl methyl sites for hydroxylation is 3. The quantitative estimate of drug-likeness (QED) is 0.158. The van der Waals surface area contributed by atoms with Crippen LogP contribution >= 0.6 is 22.1 Å². The van der Waals surface area contributed by atoms with Crippen molar-refractivity contribution in [2.75, 3.05) is 6.61 Å². The second-order valence-electron chi connectivity index (χ2n) is 8.99. The van der Waals surface area contributed by atoms with Gasteiger partial charge in [0.2, 0.25) is 0 Å². The minimum absolute atomic E-state index is 0.0960. The van der Waals surface area contributed by atoms with Crippen LogP contribution in [0.25, 0.3) is 15.0 Å². The number of esters is 1. The number of rotatable bonds is 5. The van der Waals surface area contributed by atoms with Gasteiger partial charge in [0.05, 0.1) is 5.02 Å².